The van der Waals surface area contributed by atoms with E-state index in [1.54, 1.807) is 13.8 Å². The molecule has 0 bridgehead atoms. The Kier molecular flexibility index (Phi) is 6.49. The lowest BCUT2D eigenvalue weighted by Crippen LogP contribution is -2.17. The highest BCUT2D eigenvalue weighted by Crippen LogP contribution is 2.27. The smallest absolute Gasteiger partial charge is 0.306 e. The zero-order valence-electron chi connectivity index (χ0n) is 13.2. The van der Waals surface area contributed by atoms with Gasteiger partial charge in [-0.15, -0.1) is 0 Å². The molecule has 1 atom stereocenters. The van der Waals surface area contributed by atoms with Gasteiger partial charge in [0.1, 0.15) is 5.69 Å². The van der Waals surface area contributed by atoms with Gasteiger partial charge in [-0.3, -0.25) is 14.9 Å². The SMILES string of the molecule is CCOC(=O)C[C@H](C)CNc1ccc(S(C)(=O)=O)cc1[N+](=O)[O-]. The van der Waals surface area contributed by atoms with E-state index in [-0.39, 0.29) is 34.6 Å². The van der Waals surface area contributed by atoms with Gasteiger partial charge in [-0.2, -0.15) is 0 Å². The fourth-order valence-electron chi connectivity index (χ4n) is 1.90. The average molecular weight is 344 g/mol. The molecule has 1 N–H and O–H groups in total. The first-order chi connectivity index (χ1) is 10.6. The summed E-state index contributed by atoms with van der Waals surface area (Å²) in [5, 5.41) is 14.0. The highest BCUT2D eigenvalue weighted by molar-refractivity contribution is 7.90. The number of anilines is 1. The van der Waals surface area contributed by atoms with Crippen molar-refractivity contribution in [1.29, 1.82) is 0 Å². The predicted molar refractivity (Wildman–Crippen MR) is 85.1 cm³/mol. The van der Waals surface area contributed by atoms with Crippen molar-refractivity contribution in [3.63, 3.8) is 0 Å². The summed E-state index contributed by atoms with van der Waals surface area (Å²) in [6.45, 7) is 4.14. The summed E-state index contributed by atoms with van der Waals surface area (Å²) in [6.07, 6.45) is 1.18. The molecule has 0 heterocycles. The third-order valence-electron chi connectivity index (χ3n) is 3.06. The fourth-order valence-corrected chi connectivity index (χ4v) is 2.54. The lowest BCUT2D eigenvalue weighted by molar-refractivity contribution is -0.384. The quantitative estimate of drug-likeness (QED) is 0.435. The van der Waals surface area contributed by atoms with Crippen molar-refractivity contribution < 1.29 is 22.9 Å². The predicted octanol–water partition coefficient (Wildman–Crippen LogP) is 2.00. The van der Waals surface area contributed by atoms with Crippen molar-refractivity contribution in [1.82, 2.24) is 0 Å². The Labute approximate surface area is 134 Å². The second-order valence-corrected chi connectivity index (χ2v) is 7.22. The van der Waals surface area contributed by atoms with Gasteiger partial charge in [0, 0.05) is 25.3 Å². The zero-order valence-corrected chi connectivity index (χ0v) is 14.1. The second-order valence-electron chi connectivity index (χ2n) is 5.20. The second kappa shape index (κ2) is 7.91. The maximum atomic E-state index is 11.5. The molecule has 0 amide bonds. The molecule has 0 spiro atoms. The molecular formula is C14H20N2O6S. The van der Waals surface area contributed by atoms with Gasteiger partial charge in [-0.05, 0) is 25.0 Å². The number of carbonyl (C=O) groups is 1. The molecule has 0 aliphatic rings. The first kappa shape index (κ1) is 18.9. The molecule has 0 aliphatic carbocycles. The lowest BCUT2D eigenvalue weighted by Gasteiger charge is -2.13. The number of nitrogens with zero attached hydrogens (tertiary/aromatic N) is 1. The number of esters is 1. The van der Waals surface area contributed by atoms with Crippen LogP contribution < -0.4 is 5.32 Å². The molecule has 0 aromatic heterocycles. The van der Waals surface area contributed by atoms with Gasteiger partial charge in [-0.1, -0.05) is 6.92 Å². The normalized spacial score (nSPS) is 12.5. The van der Waals surface area contributed by atoms with Gasteiger partial charge in [0.05, 0.1) is 16.4 Å². The summed E-state index contributed by atoms with van der Waals surface area (Å²) in [7, 11) is -3.52. The van der Waals surface area contributed by atoms with Crippen LogP contribution in [0.4, 0.5) is 11.4 Å². The van der Waals surface area contributed by atoms with Crippen molar-refractivity contribution >= 4 is 27.2 Å². The minimum absolute atomic E-state index is 0.0942. The Morgan fingerprint density at radius 3 is 2.61 bits per heavy atom. The van der Waals surface area contributed by atoms with E-state index in [0.717, 1.165) is 12.3 Å². The zero-order chi connectivity index (χ0) is 17.6. The standard InChI is InChI=1S/C14H20N2O6S/c1-4-22-14(17)7-10(2)9-15-12-6-5-11(23(3,20)21)8-13(12)16(18)19/h5-6,8,10,15H,4,7,9H2,1-3H3/t10-/m0/s1. The summed E-state index contributed by atoms with van der Waals surface area (Å²) in [5.74, 6) is -0.424. The number of nitro groups is 1. The number of benzene rings is 1. The summed E-state index contributed by atoms with van der Waals surface area (Å²) in [6, 6.07) is 3.68. The molecule has 8 nitrogen and oxygen atoms in total. The molecule has 23 heavy (non-hydrogen) atoms. The van der Waals surface area contributed by atoms with Crippen molar-refractivity contribution in [3.8, 4) is 0 Å². The van der Waals surface area contributed by atoms with Gasteiger partial charge in [-0.25, -0.2) is 8.42 Å². The van der Waals surface area contributed by atoms with E-state index in [2.05, 4.69) is 5.32 Å². The Morgan fingerprint density at radius 1 is 1.43 bits per heavy atom. The molecule has 9 heteroatoms. The van der Waals surface area contributed by atoms with Gasteiger partial charge >= 0.3 is 5.97 Å². The van der Waals surface area contributed by atoms with Crippen LogP contribution in [0.2, 0.25) is 0 Å². The molecule has 1 rings (SSSR count). The lowest BCUT2D eigenvalue weighted by atomic mass is 10.1. The van der Waals surface area contributed by atoms with Crippen LogP contribution >= 0.6 is 0 Å². The van der Waals surface area contributed by atoms with E-state index in [1.165, 1.54) is 12.1 Å². The first-order valence-corrected chi connectivity index (χ1v) is 8.92. The van der Waals surface area contributed by atoms with Crippen LogP contribution in [0.15, 0.2) is 23.1 Å². The van der Waals surface area contributed by atoms with E-state index in [0.29, 0.717) is 13.2 Å². The Hall–Kier alpha value is -2.16. The molecule has 128 valence electrons. The third-order valence-corrected chi connectivity index (χ3v) is 4.17. The number of ether oxygens (including phenoxy) is 1. The number of nitrogens with one attached hydrogen (secondary N) is 1. The van der Waals surface area contributed by atoms with Crippen LogP contribution in [-0.2, 0) is 19.4 Å². The molecule has 0 unspecified atom stereocenters. The summed E-state index contributed by atoms with van der Waals surface area (Å²) in [4.78, 5) is 21.7. The van der Waals surface area contributed by atoms with E-state index in [4.69, 9.17) is 4.74 Å². The Bertz CT molecular complexity index is 687. The Balaban J connectivity index is 2.84. The number of nitro benzene ring substituents is 1. The van der Waals surface area contributed by atoms with E-state index < -0.39 is 14.8 Å². The maximum absolute atomic E-state index is 11.5. The van der Waals surface area contributed by atoms with Gasteiger partial charge in [0.25, 0.3) is 5.69 Å². The van der Waals surface area contributed by atoms with Crippen LogP contribution in [0.25, 0.3) is 0 Å². The monoisotopic (exact) mass is 344 g/mol. The number of sulfone groups is 1. The van der Waals surface area contributed by atoms with E-state index >= 15 is 0 Å². The van der Waals surface area contributed by atoms with Crippen molar-refractivity contribution in [2.24, 2.45) is 5.92 Å². The minimum atomic E-state index is -3.52. The summed E-state index contributed by atoms with van der Waals surface area (Å²) in [5.41, 5.74) is -0.116. The fraction of sp³-hybridized carbons (Fsp3) is 0.500. The molecular weight excluding hydrogens is 324 g/mol. The summed E-state index contributed by atoms with van der Waals surface area (Å²) < 4.78 is 27.8. The molecule has 0 fully saturated rings. The molecule has 1 aromatic carbocycles. The van der Waals surface area contributed by atoms with E-state index in [9.17, 15) is 23.3 Å². The Morgan fingerprint density at radius 2 is 2.09 bits per heavy atom. The highest BCUT2D eigenvalue weighted by atomic mass is 32.2. The first-order valence-electron chi connectivity index (χ1n) is 7.03. The van der Waals surface area contributed by atoms with Crippen molar-refractivity contribution in [3.05, 3.63) is 28.3 Å². The van der Waals surface area contributed by atoms with Crippen LogP contribution in [0.3, 0.4) is 0 Å². The molecule has 0 aliphatic heterocycles. The minimum Gasteiger partial charge on any atom is -0.466 e. The van der Waals surface area contributed by atoms with Crippen LogP contribution in [0, 0.1) is 16.0 Å². The molecule has 0 saturated carbocycles. The molecule has 0 radical (unpaired) electrons. The van der Waals surface area contributed by atoms with Gasteiger partial charge in [0.15, 0.2) is 9.84 Å². The van der Waals surface area contributed by atoms with E-state index in [1.807, 2.05) is 0 Å². The van der Waals surface area contributed by atoms with Crippen molar-refractivity contribution in [2.45, 2.75) is 25.2 Å². The largest absolute Gasteiger partial charge is 0.466 e. The van der Waals surface area contributed by atoms with Crippen molar-refractivity contribution in [2.75, 3.05) is 24.7 Å². The number of rotatable bonds is 8. The maximum Gasteiger partial charge on any atom is 0.306 e. The highest BCUT2D eigenvalue weighted by Gasteiger charge is 2.19. The van der Waals surface area contributed by atoms with Gasteiger partial charge < -0.3 is 10.1 Å². The number of hydrogen-bond donors (Lipinski definition) is 1. The number of carbonyl (C=O) groups excluding carboxylic acids is 1. The topological polar surface area (TPSA) is 116 Å². The summed E-state index contributed by atoms with van der Waals surface area (Å²) >= 11 is 0. The van der Waals surface area contributed by atoms with Crippen LogP contribution in [0.5, 0.6) is 0 Å². The van der Waals surface area contributed by atoms with Gasteiger partial charge in [0.2, 0.25) is 0 Å². The average Bonchev–Trinajstić information content (AvgIpc) is 2.44. The third kappa shape index (κ3) is 5.85. The molecule has 1 aromatic rings. The van der Waals surface area contributed by atoms with Crippen LogP contribution in [0.1, 0.15) is 20.3 Å². The van der Waals surface area contributed by atoms with Crippen LogP contribution in [-0.4, -0.2) is 38.7 Å². The number of hydrogen-bond acceptors (Lipinski definition) is 7. The molecule has 0 saturated heterocycles.